The summed E-state index contributed by atoms with van der Waals surface area (Å²) in [6.45, 7) is 2.14. The standard InChI is InChI=1S/C14H23BrN4/c1-3-11-14(15)13(19(2)18-11)7-12(17-16)10-5-8-4-9(8)6-10/h8-10,12,17H,3-7,16H2,1-2H3. The molecule has 0 aromatic carbocycles. The minimum absolute atomic E-state index is 0.379. The van der Waals surface area contributed by atoms with Crippen LogP contribution in [0, 0.1) is 17.8 Å². The SMILES string of the molecule is CCc1nn(C)c(CC(NN)C2CC3CC3C2)c1Br. The number of nitrogens with zero attached hydrogens (tertiary/aromatic N) is 2. The summed E-state index contributed by atoms with van der Waals surface area (Å²) in [7, 11) is 2.03. The number of hydrogen-bond acceptors (Lipinski definition) is 3. The Labute approximate surface area is 123 Å². The molecule has 0 aliphatic heterocycles. The number of hydrazine groups is 1. The first-order chi connectivity index (χ1) is 9.13. The predicted molar refractivity (Wildman–Crippen MR) is 79.4 cm³/mol. The van der Waals surface area contributed by atoms with Crippen LogP contribution in [0.2, 0.25) is 0 Å². The van der Waals surface area contributed by atoms with Crippen molar-refractivity contribution in [3.63, 3.8) is 0 Å². The molecule has 0 spiro atoms. The molecule has 3 atom stereocenters. The zero-order valence-electron chi connectivity index (χ0n) is 11.7. The minimum Gasteiger partial charge on any atom is -0.271 e. The minimum atomic E-state index is 0.379. The van der Waals surface area contributed by atoms with Crippen LogP contribution < -0.4 is 11.3 Å². The van der Waals surface area contributed by atoms with E-state index in [1.54, 1.807) is 0 Å². The number of halogens is 1. The molecule has 1 heterocycles. The van der Waals surface area contributed by atoms with Gasteiger partial charge < -0.3 is 0 Å². The third-order valence-electron chi connectivity index (χ3n) is 4.98. The van der Waals surface area contributed by atoms with Gasteiger partial charge >= 0.3 is 0 Å². The maximum atomic E-state index is 5.81. The van der Waals surface area contributed by atoms with Gasteiger partial charge in [0, 0.05) is 19.5 Å². The fourth-order valence-electron chi connectivity index (χ4n) is 3.70. The molecule has 2 fully saturated rings. The Balaban J connectivity index is 1.73. The maximum Gasteiger partial charge on any atom is 0.0766 e. The summed E-state index contributed by atoms with van der Waals surface area (Å²) in [5.74, 6) is 8.55. The highest BCUT2D eigenvalue weighted by Gasteiger charge is 2.47. The summed E-state index contributed by atoms with van der Waals surface area (Å²) < 4.78 is 3.17. The second kappa shape index (κ2) is 5.19. The molecule has 2 aliphatic carbocycles. The van der Waals surface area contributed by atoms with E-state index in [0.717, 1.165) is 36.3 Å². The van der Waals surface area contributed by atoms with Crippen molar-refractivity contribution in [1.82, 2.24) is 15.2 Å². The van der Waals surface area contributed by atoms with Crippen LogP contribution in [-0.4, -0.2) is 15.8 Å². The van der Waals surface area contributed by atoms with Crippen LogP contribution in [0.15, 0.2) is 4.47 Å². The Morgan fingerprint density at radius 3 is 2.63 bits per heavy atom. The summed E-state index contributed by atoms with van der Waals surface area (Å²) in [5.41, 5.74) is 5.46. The Bertz CT molecular complexity index is 460. The molecule has 1 aromatic heterocycles. The molecule has 4 nitrogen and oxygen atoms in total. The van der Waals surface area contributed by atoms with Gasteiger partial charge in [0.2, 0.25) is 0 Å². The topological polar surface area (TPSA) is 55.9 Å². The summed E-state index contributed by atoms with van der Waals surface area (Å²) in [6.07, 6.45) is 6.10. The second-order valence-corrected chi connectivity index (χ2v) is 6.94. The number of nitrogens with one attached hydrogen (secondary N) is 1. The number of fused-ring (bicyclic) bond motifs is 1. The van der Waals surface area contributed by atoms with Crippen LogP contribution in [0.4, 0.5) is 0 Å². The number of aromatic nitrogens is 2. The zero-order chi connectivity index (χ0) is 13.6. The van der Waals surface area contributed by atoms with Crippen molar-refractivity contribution in [3.8, 4) is 0 Å². The lowest BCUT2D eigenvalue weighted by Gasteiger charge is -2.24. The van der Waals surface area contributed by atoms with Crippen molar-refractivity contribution < 1.29 is 0 Å². The lowest BCUT2D eigenvalue weighted by atomic mass is 9.91. The largest absolute Gasteiger partial charge is 0.271 e. The first-order valence-corrected chi connectivity index (χ1v) is 8.09. The van der Waals surface area contributed by atoms with Gasteiger partial charge in [0.25, 0.3) is 0 Å². The van der Waals surface area contributed by atoms with Crippen molar-refractivity contribution in [2.75, 3.05) is 0 Å². The lowest BCUT2D eigenvalue weighted by molar-refractivity contribution is 0.331. The zero-order valence-corrected chi connectivity index (χ0v) is 13.3. The monoisotopic (exact) mass is 326 g/mol. The van der Waals surface area contributed by atoms with E-state index in [0.29, 0.717) is 6.04 Å². The third-order valence-corrected chi connectivity index (χ3v) is 5.89. The quantitative estimate of drug-likeness (QED) is 0.644. The van der Waals surface area contributed by atoms with E-state index in [9.17, 15) is 0 Å². The molecule has 19 heavy (non-hydrogen) atoms. The molecule has 2 aliphatic rings. The molecule has 0 saturated heterocycles. The predicted octanol–water partition coefficient (Wildman–Crippen LogP) is 2.17. The first kappa shape index (κ1) is 13.6. The highest BCUT2D eigenvalue weighted by atomic mass is 79.9. The van der Waals surface area contributed by atoms with E-state index in [2.05, 4.69) is 33.4 Å². The van der Waals surface area contributed by atoms with Gasteiger partial charge in [-0.2, -0.15) is 5.10 Å². The third kappa shape index (κ3) is 2.48. The van der Waals surface area contributed by atoms with Crippen LogP contribution >= 0.6 is 15.9 Å². The van der Waals surface area contributed by atoms with Crippen molar-refractivity contribution >= 4 is 15.9 Å². The Hall–Kier alpha value is -0.390. The summed E-state index contributed by atoms with van der Waals surface area (Å²) in [6, 6.07) is 0.379. The van der Waals surface area contributed by atoms with Gasteiger partial charge in [0.1, 0.15) is 0 Å². The normalized spacial score (nSPS) is 30.4. The molecular weight excluding hydrogens is 304 g/mol. The summed E-state index contributed by atoms with van der Waals surface area (Å²) >= 11 is 3.70. The number of rotatable bonds is 5. The van der Waals surface area contributed by atoms with Crippen LogP contribution in [0.5, 0.6) is 0 Å². The molecular formula is C14H23BrN4. The molecule has 3 rings (SSSR count). The van der Waals surface area contributed by atoms with E-state index in [-0.39, 0.29) is 0 Å². The van der Waals surface area contributed by atoms with Crippen LogP contribution in [0.3, 0.4) is 0 Å². The summed E-state index contributed by atoms with van der Waals surface area (Å²) in [5, 5.41) is 4.57. The molecule has 2 saturated carbocycles. The van der Waals surface area contributed by atoms with Crippen molar-refractivity contribution in [2.24, 2.45) is 30.6 Å². The van der Waals surface area contributed by atoms with E-state index in [1.165, 1.54) is 29.4 Å². The molecule has 5 heteroatoms. The summed E-state index contributed by atoms with van der Waals surface area (Å²) in [4.78, 5) is 0. The average molecular weight is 327 g/mol. The average Bonchev–Trinajstić information content (AvgIpc) is 2.92. The van der Waals surface area contributed by atoms with Crippen molar-refractivity contribution in [1.29, 1.82) is 0 Å². The number of hydrogen-bond donors (Lipinski definition) is 2. The molecule has 3 N–H and O–H groups in total. The Morgan fingerprint density at radius 2 is 2.11 bits per heavy atom. The molecule has 3 unspecified atom stereocenters. The van der Waals surface area contributed by atoms with Crippen LogP contribution in [0.1, 0.15) is 37.6 Å². The fraction of sp³-hybridized carbons (Fsp3) is 0.786. The van der Waals surface area contributed by atoms with Gasteiger partial charge in [-0.15, -0.1) is 0 Å². The first-order valence-electron chi connectivity index (χ1n) is 7.30. The number of aryl methyl sites for hydroxylation is 2. The van der Waals surface area contributed by atoms with Gasteiger partial charge in [-0.3, -0.25) is 16.0 Å². The lowest BCUT2D eigenvalue weighted by Crippen LogP contribution is -2.42. The smallest absolute Gasteiger partial charge is 0.0766 e. The van der Waals surface area contributed by atoms with Crippen LogP contribution in [-0.2, 0) is 19.9 Å². The fourth-order valence-corrected chi connectivity index (χ4v) is 4.48. The van der Waals surface area contributed by atoms with Gasteiger partial charge in [-0.05, 0) is 59.4 Å². The van der Waals surface area contributed by atoms with Gasteiger partial charge in [-0.25, -0.2) is 0 Å². The van der Waals surface area contributed by atoms with E-state index >= 15 is 0 Å². The van der Waals surface area contributed by atoms with E-state index in [4.69, 9.17) is 5.84 Å². The van der Waals surface area contributed by atoms with E-state index in [1.807, 2.05) is 11.7 Å². The number of nitrogens with two attached hydrogens (primary N) is 1. The highest BCUT2D eigenvalue weighted by Crippen LogP contribution is 2.55. The Morgan fingerprint density at radius 1 is 1.42 bits per heavy atom. The van der Waals surface area contributed by atoms with Crippen molar-refractivity contribution in [2.45, 2.75) is 45.1 Å². The molecule has 1 aromatic rings. The Kier molecular flexibility index (Phi) is 3.71. The van der Waals surface area contributed by atoms with Crippen molar-refractivity contribution in [3.05, 3.63) is 15.9 Å². The highest BCUT2D eigenvalue weighted by molar-refractivity contribution is 9.10. The molecule has 0 radical (unpaired) electrons. The van der Waals surface area contributed by atoms with Gasteiger partial charge in [0.15, 0.2) is 0 Å². The van der Waals surface area contributed by atoms with E-state index < -0.39 is 0 Å². The maximum absolute atomic E-state index is 5.81. The molecule has 0 amide bonds. The second-order valence-electron chi connectivity index (χ2n) is 6.15. The molecule has 0 bridgehead atoms. The molecule has 106 valence electrons. The van der Waals surface area contributed by atoms with Gasteiger partial charge in [-0.1, -0.05) is 6.92 Å². The van der Waals surface area contributed by atoms with Crippen LogP contribution in [0.25, 0.3) is 0 Å². The van der Waals surface area contributed by atoms with Gasteiger partial charge in [0.05, 0.1) is 15.9 Å².